The largest absolute Gasteiger partial charge is 0.469 e. The van der Waals surface area contributed by atoms with Crippen molar-refractivity contribution in [1.29, 1.82) is 0 Å². The van der Waals surface area contributed by atoms with Crippen molar-refractivity contribution in [3.8, 4) is 0 Å². The highest BCUT2D eigenvalue weighted by Gasteiger charge is 2.35. The molecule has 0 aliphatic carbocycles. The molecule has 2 aromatic rings. The van der Waals surface area contributed by atoms with E-state index in [1.807, 2.05) is 24.2 Å². The first-order valence-corrected chi connectivity index (χ1v) is 9.27. The molecule has 0 N–H and O–H groups in total. The highest BCUT2D eigenvalue weighted by Crippen LogP contribution is 2.26. The number of hydrogen-bond acceptors (Lipinski definition) is 5. The van der Waals surface area contributed by atoms with Crippen molar-refractivity contribution >= 4 is 5.91 Å². The molecule has 2 aliphatic rings. The first-order chi connectivity index (χ1) is 12.7. The maximum atomic E-state index is 12.7. The molecule has 2 aliphatic heterocycles. The van der Waals surface area contributed by atoms with Crippen molar-refractivity contribution in [3.63, 3.8) is 0 Å². The number of hydrogen-bond donors (Lipinski definition) is 0. The number of nitrogens with zero attached hydrogens (tertiary/aromatic N) is 3. The van der Waals surface area contributed by atoms with Gasteiger partial charge in [-0.3, -0.25) is 14.7 Å². The zero-order chi connectivity index (χ0) is 17.9. The summed E-state index contributed by atoms with van der Waals surface area (Å²) >= 11 is 0. The number of piperidine rings is 1. The van der Waals surface area contributed by atoms with Crippen LogP contribution in [0.1, 0.15) is 28.1 Å². The quantitative estimate of drug-likeness (QED) is 0.846. The van der Waals surface area contributed by atoms with Crippen molar-refractivity contribution in [2.75, 3.05) is 32.8 Å². The summed E-state index contributed by atoms with van der Waals surface area (Å²) in [5.74, 6) is 1.20. The number of ether oxygens (including phenoxy) is 1. The van der Waals surface area contributed by atoms with E-state index < -0.39 is 0 Å². The Morgan fingerprint density at radius 2 is 2.08 bits per heavy atom. The summed E-state index contributed by atoms with van der Waals surface area (Å²) in [6.07, 6.45) is 6.35. The van der Waals surface area contributed by atoms with E-state index in [4.69, 9.17) is 9.15 Å². The van der Waals surface area contributed by atoms with Gasteiger partial charge >= 0.3 is 0 Å². The third kappa shape index (κ3) is 3.66. The van der Waals surface area contributed by atoms with Crippen molar-refractivity contribution in [2.45, 2.75) is 26.0 Å². The van der Waals surface area contributed by atoms with Crippen molar-refractivity contribution < 1.29 is 13.9 Å². The number of pyridine rings is 1. The lowest BCUT2D eigenvalue weighted by Crippen LogP contribution is -2.49. The average Bonchev–Trinajstić information content (AvgIpc) is 2.98. The van der Waals surface area contributed by atoms with Crippen molar-refractivity contribution in [3.05, 3.63) is 53.7 Å². The standard InChI is InChI=1S/C20H25N3O3/c1-15-18(5-10-25-15)20(24)23-8-4-17-13-22(9-11-26-19(17)14-23)12-16-2-6-21-7-3-16/h2-3,5-7,10,17,19H,4,8-9,11-14H2,1H3/t17-,19-/m0/s1. The molecule has 6 heteroatoms. The van der Waals surface area contributed by atoms with E-state index in [2.05, 4.69) is 22.0 Å². The Balaban J connectivity index is 1.39. The Morgan fingerprint density at radius 1 is 1.23 bits per heavy atom. The van der Waals surface area contributed by atoms with Gasteiger partial charge in [-0.15, -0.1) is 0 Å². The van der Waals surface area contributed by atoms with E-state index in [1.54, 1.807) is 12.3 Å². The van der Waals surface area contributed by atoms with Gasteiger partial charge in [-0.05, 0) is 37.1 Å². The van der Waals surface area contributed by atoms with E-state index in [0.717, 1.165) is 32.6 Å². The van der Waals surface area contributed by atoms with Gasteiger partial charge in [0.1, 0.15) is 5.76 Å². The Morgan fingerprint density at radius 3 is 2.85 bits per heavy atom. The molecule has 0 radical (unpaired) electrons. The molecule has 2 saturated heterocycles. The van der Waals surface area contributed by atoms with Crippen LogP contribution >= 0.6 is 0 Å². The summed E-state index contributed by atoms with van der Waals surface area (Å²) in [7, 11) is 0. The molecule has 26 heavy (non-hydrogen) atoms. The molecule has 0 aromatic carbocycles. The molecule has 2 aromatic heterocycles. The summed E-state index contributed by atoms with van der Waals surface area (Å²) in [5.41, 5.74) is 1.94. The van der Waals surface area contributed by atoms with E-state index in [9.17, 15) is 4.79 Å². The molecule has 1 amide bonds. The lowest BCUT2D eigenvalue weighted by Gasteiger charge is -2.38. The lowest BCUT2D eigenvalue weighted by molar-refractivity contribution is -0.0171. The fourth-order valence-corrected chi connectivity index (χ4v) is 3.97. The highest BCUT2D eigenvalue weighted by molar-refractivity contribution is 5.95. The molecule has 0 unspecified atom stereocenters. The number of likely N-dealkylation sites (tertiary alicyclic amines) is 1. The second kappa shape index (κ2) is 7.60. The number of furan rings is 1. The second-order valence-corrected chi connectivity index (χ2v) is 7.19. The Hall–Kier alpha value is -2.18. The first kappa shape index (κ1) is 17.2. The van der Waals surface area contributed by atoms with Gasteiger partial charge in [0.25, 0.3) is 5.91 Å². The summed E-state index contributed by atoms with van der Waals surface area (Å²) in [5, 5.41) is 0. The van der Waals surface area contributed by atoms with Crippen LogP contribution in [-0.2, 0) is 11.3 Å². The fraction of sp³-hybridized carbons (Fsp3) is 0.500. The van der Waals surface area contributed by atoms with Gasteiger partial charge in [0.2, 0.25) is 0 Å². The molecule has 0 spiro atoms. The Kier molecular flexibility index (Phi) is 5.04. The van der Waals surface area contributed by atoms with Crippen LogP contribution in [0.15, 0.2) is 41.3 Å². The van der Waals surface area contributed by atoms with E-state index in [-0.39, 0.29) is 12.0 Å². The molecule has 138 valence electrons. The molecule has 0 bridgehead atoms. The molecule has 6 nitrogen and oxygen atoms in total. The molecular weight excluding hydrogens is 330 g/mol. The van der Waals surface area contributed by atoms with E-state index >= 15 is 0 Å². The molecular formula is C20H25N3O3. The predicted octanol–water partition coefficient (Wildman–Crippen LogP) is 2.35. The van der Waals surface area contributed by atoms with Crippen molar-refractivity contribution in [2.24, 2.45) is 5.92 Å². The smallest absolute Gasteiger partial charge is 0.257 e. The number of fused-ring (bicyclic) bond motifs is 1. The number of rotatable bonds is 3. The minimum absolute atomic E-state index is 0.0520. The van der Waals surface area contributed by atoms with Crippen LogP contribution in [0.3, 0.4) is 0 Å². The number of amides is 1. The van der Waals surface area contributed by atoms with Crippen LogP contribution in [0.2, 0.25) is 0 Å². The fourth-order valence-electron chi connectivity index (χ4n) is 3.97. The minimum Gasteiger partial charge on any atom is -0.469 e. The first-order valence-electron chi connectivity index (χ1n) is 9.27. The van der Waals surface area contributed by atoms with Crippen LogP contribution in [0.4, 0.5) is 0 Å². The predicted molar refractivity (Wildman–Crippen MR) is 96.7 cm³/mol. The van der Waals surface area contributed by atoms with Gasteiger partial charge in [-0.2, -0.15) is 0 Å². The van der Waals surface area contributed by atoms with Gasteiger partial charge in [0.15, 0.2) is 0 Å². The number of aromatic nitrogens is 1. The second-order valence-electron chi connectivity index (χ2n) is 7.19. The topological polar surface area (TPSA) is 58.8 Å². The SMILES string of the molecule is Cc1occc1C(=O)N1CC[C@H]2CN(Cc3ccncc3)CCO[C@H]2C1. The number of carbonyl (C=O) groups excluding carboxylic acids is 1. The van der Waals surface area contributed by atoms with Gasteiger partial charge in [-0.25, -0.2) is 0 Å². The van der Waals surface area contributed by atoms with Gasteiger partial charge in [-0.1, -0.05) is 0 Å². The zero-order valence-corrected chi connectivity index (χ0v) is 15.1. The summed E-state index contributed by atoms with van der Waals surface area (Å²) < 4.78 is 11.4. The van der Waals surface area contributed by atoms with Gasteiger partial charge < -0.3 is 14.1 Å². The van der Waals surface area contributed by atoms with Crippen LogP contribution in [0.5, 0.6) is 0 Å². The third-order valence-electron chi connectivity index (χ3n) is 5.46. The number of carbonyl (C=O) groups is 1. The highest BCUT2D eigenvalue weighted by atomic mass is 16.5. The molecule has 0 saturated carbocycles. The molecule has 4 heterocycles. The normalized spacial score (nSPS) is 24.1. The summed E-state index contributed by atoms with van der Waals surface area (Å²) in [6, 6.07) is 5.89. The molecule has 4 rings (SSSR count). The number of aryl methyl sites for hydroxylation is 1. The Bertz CT molecular complexity index is 746. The zero-order valence-electron chi connectivity index (χ0n) is 15.1. The van der Waals surface area contributed by atoms with Crippen LogP contribution in [-0.4, -0.2) is 59.6 Å². The lowest BCUT2D eigenvalue weighted by atomic mass is 9.92. The Labute approximate surface area is 153 Å². The van der Waals surface area contributed by atoms with Crippen LogP contribution < -0.4 is 0 Å². The average molecular weight is 355 g/mol. The maximum absolute atomic E-state index is 12.7. The van der Waals surface area contributed by atoms with Gasteiger partial charge in [0.05, 0.1) is 24.5 Å². The monoisotopic (exact) mass is 355 g/mol. The van der Waals surface area contributed by atoms with E-state index in [0.29, 0.717) is 30.4 Å². The third-order valence-corrected chi connectivity index (χ3v) is 5.46. The maximum Gasteiger partial charge on any atom is 0.257 e. The molecule has 2 fully saturated rings. The summed E-state index contributed by atoms with van der Waals surface area (Å²) in [4.78, 5) is 21.2. The summed E-state index contributed by atoms with van der Waals surface area (Å²) in [6.45, 7) is 6.84. The van der Waals surface area contributed by atoms with Crippen LogP contribution in [0.25, 0.3) is 0 Å². The van der Waals surface area contributed by atoms with Gasteiger partial charge in [0, 0.05) is 51.0 Å². The minimum atomic E-state index is 0.0520. The van der Waals surface area contributed by atoms with Crippen molar-refractivity contribution in [1.82, 2.24) is 14.8 Å². The molecule has 2 atom stereocenters. The van der Waals surface area contributed by atoms with E-state index in [1.165, 1.54) is 5.56 Å². The van der Waals surface area contributed by atoms with Crippen LogP contribution in [0, 0.1) is 12.8 Å².